The second-order valence-electron chi connectivity index (χ2n) is 4.54. The Morgan fingerprint density at radius 3 is 2.83 bits per heavy atom. The number of carbonyl (C=O) groups excluding carboxylic acids is 2. The number of aromatic nitrogens is 1. The van der Waals surface area contributed by atoms with Crippen LogP contribution >= 0.6 is 0 Å². The lowest BCUT2D eigenvalue weighted by molar-refractivity contribution is -0.143. The Morgan fingerprint density at radius 2 is 2.11 bits per heavy atom. The van der Waals surface area contributed by atoms with Gasteiger partial charge in [-0.1, -0.05) is 18.2 Å². The van der Waals surface area contributed by atoms with Crippen LogP contribution in [0, 0.1) is 5.92 Å². The van der Waals surface area contributed by atoms with Gasteiger partial charge < -0.3 is 9.30 Å². The molecule has 1 aromatic heterocycles. The minimum atomic E-state index is -0.671. The summed E-state index contributed by atoms with van der Waals surface area (Å²) in [5, 5.41) is 0.923. The Balaban J connectivity index is 2.21. The van der Waals surface area contributed by atoms with Gasteiger partial charge in [-0.15, -0.1) is 0 Å². The highest BCUT2D eigenvalue weighted by molar-refractivity contribution is 6.18. The number of hydrogen-bond acceptors (Lipinski definition) is 3. The van der Waals surface area contributed by atoms with E-state index < -0.39 is 11.9 Å². The molecule has 1 aromatic carbocycles. The van der Waals surface area contributed by atoms with Crippen molar-refractivity contribution in [2.45, 2.75) is 6.42 Å². The number of esters is 1. The van der Waals surface area contributed by atoms with Crippen LogP contribution in [0.15, 0.2) is 24.3 Å². The van der Waals surface area contributed by atoms with Gasteiger partial charge in [0.05, 0.1) is 7.11 Å². The second-order valence-corrected chi connectivity index (χ2v) is 4.54. The maximum Gasteiger partial charge on any atom is 0.316 e. The Morgan fingerprint density at radius 1 is 1.39 bits per heavy atom. The van der Waals surface area contributed by atoms with Gasteiger partial charge in [0.15, 0.2) is 5.78 Å². The number of Topliss-reactive ketones (excluding diaryl/α,β-unsaturated/α-hetero) is 1. The fourth-order valence-electron chi connectivity index (χ4n) is 2.75. The van der Waals surface area contributed by atoms with Crippen LogP contribution in [0.25, 0.3) is 10.9 Å². The minimum absolute atomic E-state index is 0.117. The fourth-order valence-corrected chi connectivity index (χ4v) is 2.75. The lowest BCUT2D eigenvalue weighted by Crippen LogP contribution is -2.22. The zero-order valence-corrected chi connectivity index (χ0v) is 10.3. The quantitative estimate of drug-likeness (QED) is 0.566. The molecule has 0 spiro atoms. The molecular weight excluding hydrogens is 230 g/mol. The molecule has 0 saturated carbocycles. The molecule has 0 bridgehead atoms. The number of para-hydroxylation sites is 1. The van der Waals surface area contributed by atoms with Gasteiger partial charge in [0, 0.05) is 35.6 Å². The Kier molecular flexibility index (Phi) is 2.26. The Bertz CT molecular complexity index is 669. The van der Waals surface area contributed by atoms with Gasteiger partial charge in [-0.2, -0.15) is 0 Å². The molecule has 0 aliphatic heterocycles. The van der Waals surface area contributed by atoms with E-state index in [0.29, 0.717) is 12.0 Å². The maximum absolute atomic E-state index is 12.3. The molecule has 0 fully saturated rings. The van der Waals surface area contributed by atoms with Crippen molar-refractivity contribution >= 4 is 22.7 Å². The molecule has 1 aliphatic carbocycles. The summed E-state index contributed by atoms with van der Waals surface area (Å²) >= 11 is 0. The third-order valence-electron chi connectivity index (χ3n) is 3.67. The van der Waals surface area contributed by atoms with E-state index >= 15 is 0 Å². The summed E-state index contributed by atoms with van der Waals surface area (Å²) in [5.74, 6) is -1.23. The highest BCUT2D eigenvalue weighted by Crippen LogP contribution is 2.35. The number of aryl methyl sites for hydroxylation is 1. The molecule has 0 saturated heterocycles. The van der Waals surface area contributed by atoms with Crippen molar-refractivity contribution in [1.82, 2.24) is 4.57 Å². The van der Waals surface area contributed by atoms with Crippen molar-refractivity contribution in [2.24, 2.45) is 13.0 Å². The smallest absolute Gasteiger partial charge is 0.316 e. The van der Waals surface area contributed by atoms with Crippen LogP contribution in [0.5, 0.6) is 0 Å². The lowest BCUT2D eigenvalue weighted by Gasteiger charge is -2.07. The largest absolute Gasteiger partial charge is 0.468 e. The van der Waals surface area contributed by atoms with Crippen molar-refractivity contribution in [3.63, 3.8) is 0 Å². The predicted octanol–water partition coefficient (Wildman–Crippen LogP) is 1.71. The lowest BCUT2D eigenvalue weighted by atomic mass is 10.0. The highest BCUT2D eigenvalue weighted by atomic mass is 16.5. The van der Waals surface area contributed by atoms with Gasteiger partial charge in [0.25, 0.3) is 0 Å². The van der Waals surface area contributed by atoms with Crippen molar-refractivity contribution in [2.75, 3.05) is 7.11 Å². The average molecular weight is 243 g/mol. The average Bonchev–Trinajstić information content (AvgIpc) is 2.87. The van der Waals surface area contributed by atoms with E-state index in [0.717, 1.165) is 16.6 Å². The third kappa shape index (κ3) is 1.26. The summed E-state index contributed by atoms with van der Waals surface area (Å²) in [6.45, 7) is 0. The van der Waals surface area contributed by atoms with Gasteiger partial charge in [0.1, 0.15) is 5.92 Å². The van der Waals surface area contributed by atoms with Crippen LogP contribution < -0.4 is 0 Å². The summed E-state index contributed by atoms with van der Waals surface area (Å²) in [6, 6.07) is 7.75. The zero-order chi connectivity index (χ0) is 12.9. The molecule has 1 unspecified atom stereocenters. The molecule has 0 amide bonds. The molecule has 4 nitrogen and oxygen atoms in total. The number of rotatable bonds is 1. The van der Waals surface area contributed by atoms with Gasteiger partial charge in [-0.05, 0) is 6.07 Å². The number of hydrogen-bond donors (Lipinski definition) is 0. The number of ether oxygens (including phenoxy) is 1. The third-order valence-corrected chi connectivity index (χ3v) is 3.67. The van der Waals surface area contributed by atoms with Crippen LogP contribution in [-0.2, 0) is 23.0 Å². The standard InChI is InChI=1S/C14H13NO3/c1-15-10-6-4-3-5-8(10)12-11(15)7-9(13(12)16)14(17)18-2/h3-6,9H,7H2,1-2H3. The highest BCUT2D eigenvalue weighted by Gasteiger charge is 2.40. The molecular formula is C14H13NO3. The van der Waals surface area contributed by atoms with Crippen molar-refractivity contribution < 1.29 is 14.3 Å². The van der Waals surface area contributed by atoms with Crippen LogP contribution in [0.2, 0.25) is 0 Å². The monoisotopic (exact) mass is 243 g/mol. The fraction of sp³-hybridized carbons (Fsp3) is 0.286. The summed E-state index contributed by atoms with van der Waals surface area (Å²) in [6.07, 6.45) is 0.437. The van der Waals surface area contributed by atoms with E-state index in [1.807, 2.05) is 35.9 Å². The Hall–Kier alpha value is -2.10. The van der Waals surface area contributed by atoms with Gasteiger partial charge in [-0.3, -0.25) is 9.59 Å². The number of carbonyl (C=O) groups is 2. The van der Waals surface area contributed by atoms with Gasteiger partial charge in [-0.25, -0.2) is 0 Å². The first-order valence-corrected chi connectivity index (χ1v) is 5.83. The zero-order valence-electron chi connectivity index (χ0n) is 10.3. The molecule has 2 aromatic rings. The number of fused-ring (bicyclic) bond motifs is 3. The first-order valence-electron chi connectivity index (χ1n) is 5.83. The van der Waals surface area contributed by atoms with E-state index in [2.05, 4.69) is 4.74 Å². The van der Waals surface area contributed by atoms with Crippen molar-refractivity contribution in [3.05, 3.63) is 35.5 Å². The van der Waals surface area contributed by atoms with Crippen LogP contribution in [0.3, 0.4) is 0 Å². The number of ketones is 1. The molecule has 0 N–H and O–H groups in total. The molecule has 1 aliphatic rings. The van der Waals surface area contributed by atoms with Gasteiger partial charge >= 0.3 is 5.97 Å². The molecule has 0 radical (unpaired) electrons. The van der Waals surface area contributed by atoms with E-state index in [1.54, 1.807) is 0 Å². The molecule has 1 atom stereocenters. The minimum Gasteiger partial charge on any atom is -0.468 e. The molecule has 1 heterocycles. The summed E-state index contributed by atoms with van der Waals surface area (Å²) in [4.78, 5) is 23.9. The van der Waals surface area contributed by atoms with Crippen molar-refractivity contribution in [1.29, 1.82) is 0 Å². The molecule has 4 heteroatoms. The van der Waals surface area contributed by atoms with Gasteiger partial charge in [0.2, 0.25) is 0 Å². The Labute approximate surface area is 104 Å². The summed E-state index contributed by atoms with van der Waals surface area (Å²) in [5.41, 5.74) is 2.64. The van der Waals surface area contributed by atoms with Crippen LogP contribution in [0.1, 0.15) is 16.1 Å². The number of nitrogens with zero attached hydrogens (tertiary/aromatic N) is 1. The first kappa shape index (κ1) is 11.0. The molecule has 18 heavy (non-hydrogen) atoms. The topological polar surface area (TPSA) is 48.3 Å². The van der Waals surface area contributed by atoms with Crippen LogP contribution in [0.4, 0.5) is 0 Å². The van der Waals surface area contributed by atoms with E-state index in [-0.39, 0.29) is 5.78 Å². The second kappa shape index (κ2) is 3.70. The van der Waals surface area contributed by atoms with E-state index in [4.69, 9.17) is 0 Å². The molecule has 3 rings (SSSR count). The molecule has 92 valence electrons. The summed E-state index contributed by atoms with van der Waals surface area (Å²) in [7, 11) is 3.24. The van der Waals surface area contributed by atoms with E-state index in [1.165, 1.54) is 7.11 Å². The summed E-state index contributed by atoms with van der Waals surface area (Å²) < 4.78 is 6.68. The number of methoxy groups -OCH3 is 1. The maximum atomic E-state index is 12.3. The predicted molar refractivity (Wildman–Crippen MR) is 66.5 cm³/mol. The van der Waals surface area contributed by atoms with E-state index in [9.17, 15) is 9.59 Å². The van der Waals surface area contributed by atoms with Crippen LogP contribution in [-0.4, -0.2) is 23.4 Å². The SMILES string of the molecule is COC(=O)C1Cc2c(c3ccccc3n2C)C1=O. The first-order chi connectivity index (χ1) is 8.65. The van der Waals surface area contributed by atoms with Crippen molar-refractivity contribution in [3.8, 4) is 0 Å². The number of benzene rings is 1. The normalized spacial score (nSPS) is 18.1.